The summed E-state index contributed by atoms with van der Waals surface area (Å²) in [4.78, 5) is 4.45. The number of nitrogens with zero attached hydrogens (tertiary/aromatic N) is 1. The molecular formula is C22H28F2IN3O. The summed E-state index contributed by atoms with van der Waals surface area (Å²) >= 11 is 0. The molecule has 3 rings (SSSR count). The molecule has 2 N–H and O–H groups in total. The van der Waals surface area contributed by atoms with Crippen LogP contribution in [-0.4, -0.2) is 32.3 Å². The van der Waals surface area contributed by atoms with Crippen LogP contribution in [0.3, 0.4) is 0 Å². The lowest BCUT2D eigenvalue weighted by atomic mass is 9.74. The first-order valence-corrected chi connectivity index (χ1v) is 9.72. The van der Waals surface area contributed by atoms with E-state index in [0.29, 0.717) is 19.0 Å². The van der Waals surface area contributed by atoms with E-state index in [2.05, 4.69) is 39.9 Å². The molecule has 0 spiro atoms. The minimum Gasteiger partial charge on any atom is -0.381 e. The molecule has 0 aliphatic carbocycles. The molecule has 0 amide bonds. The fraction of sp³-hybridized carbons (Fsp3) is 0.409. The quantitative estimate of drug-likeness (QED) is 0.341. The summed E-state index contributed by atoms with van der Waals surface area (Å²) in [5.74, 6) is -0.325. The summed E-state index contributed by atoms with van der Waals surface area (Å²) in [6.45, 7) is 4.86. The molecule has 0 bridgehead atoms. The van der Waals surface area contributed by atoms with Crippen LogP contribution >= 0.6 is 24.0 Å². The number of guanidine groups is 1. The third-order valence-corrected chi connectivity index (χ3v) is 5.19. The molecule has 7 heteroatoms. The normalized spacial score (nSPS) is 16.0. The predicted molar refractivity (Wildman–Crippen MR) is 123 cm³/mol. The van der Waals surface area contributed by atoms with Crippen molar-refractivity contribution in [3.63, 3.8) is 0 Å². The Morgan fingerprint density at radius 1 is 1.07 bits per heavy atom. The molecule has 0 radical (unpaired) electrons. The second-order valence-corrected chi connectivity index (χ2v) is 7.04. The van der Waals surface area contributed by atoms with Crippen molar-refractivity contribution >= 4 is 29.9 Å². The molecule has 2 aromatic rings. The number of benzene rings is 2. The van der Waals surface area contributed by atoms with E-state index in [9.17, 15) is 8.78 Å². The third kappa shape index (κ3) is 6.37. The fourth-order valence-corrected chi connectivity index (χ4v) is 3.54. The Balaban J connectivity index is 0.00000300. The summed E-state index contributed by atoms with van der Waals surface area (Å²) in [5, 5.41) is 6.59. The fourth-order valence-electron chi connectivity index (χ4n) is 3.54. The van der Waals surface area contributed by atoms with Crippen molar-refractivity contribution in [3.05, 3.63) is 71.3 Å². The molecule has 1 heterocycles. The van der Waals surface area contributed by atoms with Crippen LogP contribution < -0.4 is 10.6 Å². The Morgan fingerprint density at radius 3 is 2.48 bits per heavy atom. The van der Waals surface area contributed by atoms with Gasteiger partial charge < -0.3 is 15.4 Å². The van der Waals surface area contributed by atoms with E-state index in [1.807, 2.05) is 13.0 Å². The zero-order chi connectivity index (χ0) is 19.8. The van der Waals surface area contributed by atoms with Crippen LogP contribution in [0.15, 0.2) is 53.5 Å². The largest absolute Gasteiger partial charge is 0.381 e. The first-order valence-electron chi connectivity index (χ1n) is 9.72. The smallest absolute Gasteiger partial charge is 0.191 e. The van der Waals surface area contributed by atoms with Gasteiger partial charge >= 0.3 is 0 Å². The molecule has 1 fully saturated rings. The van der Waals surface area contributed by atoms with Gasteiger partial charge in [-0.3, -0.25) is 0 Å². The highest BCUT2D eigenvalue weighted by Crippen LogP contribution is 2.34. The van der Waals surface area contributed by atoms with Crippen LogP contribution in [0, 0.1) is 11.6 Å². The lowest BCUT2D eigenvalue weighted by Crippen LogP contribution is -2.48. The number of aliphatic imine (C=N–C) groups is 1. The van der Waals surface area contributed by atoms with Gasteiger partial charge in [-0.1, -0.05) is 30.3 Å². The van der Waals surface area contributed by atoms with Gasteiger partial charge in [0.25, 0.3) is 0 Å². The lowest BCUT2D eigenvalue weighted by Gasteiger charge is -2.38. The lowest BCUT2D eigenvalue weighted by molar-refractivity contribution is 0.0514. The van der Waals surface area contributed by atoms with Crippen LogP contribution in [-0.2, 0) is 16.7 Å². The Hall–Kier alpha value is -1.74. The average molecular weight is 515 g/mol. The van der Waals surface area contributed by atoms with E-state index in [1.54, 1.807) is 0 Å². The van der Waals surface area contributed by atoms with Gasteiger partial charge in [0.2, 0.25) is 0 Å². The molecule has 29 heavy (non-hydrogen) atoms. The van der Waals surface area contributed by atoms with Crippen LogP contribution in [0.5, 0.6) is 0 Å². The van der Waals surface area contributed by atoms with Gasteiger partial charge in [0, 0.05) is 37.3 Å². The minimum atomic E-state index is -0.463. The van der Waals surface area contributed by atoms with Crippen molar-refractivity contribution in [2.75, 3.05) is 26.3 Å². The number of halogens is 3. The Morgan fingerprint density at radius 2 is 1.79 bits per heavy atom. The summed E-state index contributed by atoms with van der Waals surface area (Å²) < 4.78 is 32.8. The highest BCUT2D eigenvalue weighted by molar-refractivity contribution is 14.0. The molecule has 1 aliphatic heterocycles. The molecule has 158 valence electrons. The molecule has 2 aromatic carbocycles. The van der Waals surface area contributed by atoms with Crippen LogP contribution in [0.25, 0.3) is 0 Å². The zero-order valence-electron chi connectivity index (χ0n) is 16.6. The number of nitrogens with one attached hydrogen (secondary N) is 2. The Bertz CT molecular complexity index is 796. The second-order valence-electron chi connectivity index (χ2n) is 7.04. The van der Waals surface area contributed by atoms with Gasteiger partial charge in [-0.25, -0.2) is 13.8 Å². The third-order valence-electron chi connectivity index (χ3n) is 5.19. The molecule has 1 aliphatic rings. The highest BCUT2D eigenvalue weighted by Gasteiger charge is 2.34. The number of hydrogen-bond donors (Lipinski definition) is 2. The predicted octanol–water partition coefficient (Wildman–Crippen LogP) is 4.39. The van der Waals surface area contributed by atoms with E-state index in [1.165, 1.54) is 11.6 Å². The molecule has 0 atom stereocenters. The van der Waals surface area contributed by atoms with Gasteiger partial charge in [0.1, 0.15) is 11.6 Å². The number of rotatable bonds is 6. The van der Waals surface area contributed by atoms with Crippen molar-refractivity contribution in [1.29, 1.82) is 0 Å². The highest BCUT2D eigenvalue weighted by atomic mass is 127. The number of ether oxygens (including phenoxy) is 1. The summed E-state index contributed by atoms with van der Waals surface area (Å²) in [6, 6.07) is 13.9. The van der Waals surface area contributed by atoms with Crippen molar-refractivity contribution in [2.45, 2.75) is 31.7 Å². The molecule has 0 saturated carbocycles. The molecule has 1 saturated heterocycles. The minimum absolute atomic E-state index is 0. The van der Waals surface area contributed by atoms with Crippen LogP contribution in [0.4, 0.5) is 8.78 Å². The van der Waals surface area contributed by atoms with Gasteiger partial charge in [-0.15, -0.1) is 24.0 Å². The van der Waals surface area contributed by atoms with E-state index in [-0.39, 0.29) is 41.5 Å². The first kappa shape index (κ1) is 23.5. The van der Waals surface area contributed by atoms with Gasteiger partial charge in [-0.05, 0) is 43.5 Å². The molecule has 0 aromatic heterocycles. The maximum Gasteiger partial charge on any atom is 0.191 e. The molecule has 0 unspecified atom stereocenters. The topological polar surface area (TPSA) is 45.7 Å². The summed E-state index contributed by atoms with van der Waals surface area (Å²) in [5.41, 5.74) is 1.47. The van der Waals surface area contributed by atoms with Gasteiger partial charge in [-0.2, -0.15) is 0 Å². The van der Waals surface area contributed by atoms with E-state index in [0.717, 1.165) is 38.2 Å². The van der Waals surface area contributed by atoms with Gasteiger partial charge in [0.05, 0.1) is 6.54 Å². The van der Waals surface area contributed by atoms with E-state index in [4.69, 9.17) is 4.74 Å². The zero-order valence-corrected chi connectivity index (χ0v) is 18.9. The van der Waals surface area contributed by atoms with Crippen LogP contribution in [0.1, 0.15) is 30.9 Å². The summed E-state index contributed by atoms with van der Waals surface area (Å²) in [6.07, 6.45) is 1.84. The van der Waals surface area contributed by atoms with Crippen LogP contribution in [0.2, 0.25) is 0 Å². The van der Waals surface area contributed by atoms with Crippen molar-refractivity contribution in [3.8, 4) is 0 Å². The van der Waals surface area contributed by atoms with E-state index >= 15 is 0 Å². The SMILES string of the molecule is CCNC(=NCc1cc(F)ccc1F)NCC1(c2ccccc2)CCOCC1.I. The van der Waals surface area contributed by atoms with Crippen molar-refractivity contribution < 1.29 is 13.5 Å². The van der Waals surface area contributed by atoms with Crippen molar-refractivity contribution in [1.82, 2.24) is 10.6 Å². The Labute approximate surface area is 188 Å². The summed E-state index contributed by atoms with van der Waals surface area (Å²) in [7, 11) is 0. The Kier molecular flexibility index (Phi) is 9.29. The maximum absolute atomic E-state index is 13.9. The maximum atomic E-state index is 13.9. The monoisotopic (exact) mass is 515 g/mol. The van der Waals surface area contributed by atoms with E-state index < -0.39 is 11.6 Å². The average Bonchev–Trinajstić information content (AvgIpc) is 2.73. The second kappa shape index (κ2) is 11.4. The molecular weight excluding hydrogens is 487 g/mol. The standard InChI is InChI=1S/C22H27F2N3O.HI/c1-2-25-21(26-15-17-14-19(23)8-9-20(17)24)27-16-22(10-12-28-13-11-22)18-6-4-3-5-7-18;/h3-9,14H,2,10-13,15-16H2,1H3,(H2,25,26,27);1H. The first-order chi connectivity index (χ1) is 13.6. The number of hydrogen-bond acceptors (Lipinski definition) is 2. The molecule has 4 nitrogen and oxygen atoms in total. The van der Waals surface area contributed by atoms with Crippen molar-refractivity contribution in [2.24, 2.45) is 4.99 Å². The van der Waals surface area contributed by atoms with Gasteiger partial charge in [0.15, 0.2) is 5.96 Å².